The van der Waals surface area contributed by atoms with Crippen molar-refractivity contribution in [1.29, 1.82) is 0 Å². The summed E-state index contributed by atoms with van der Waals surface area (Å²) in [5, 5.41) is 8.18. The standard InChI is InChI=1S/C7H7NO3.Rf/c8-5-1-3-6(4-2-5)11-7(9)10;/h1-4H,8H2,(H,9,10);. The SMILES string of the molecule is Nc1ccc(OC(=O)O)cc1.[Rf]. The van der Waals surface area contributed by atoms with E-state index >= 15 is 0 Å². The summed E-state index contributed by atoms with van der Waals surface area (Å²) in [6.07, 6.45) is -1.32. The summed E-state index contributed by atoms with van der Waals surface area (Å²) in [5.41, 5.74) is 5.93. The van der Waals surface area contributed by atoms with Crippen LogP contribution in [0.4, 0.5) is 10.5 Å². The molecule has 0 fully saturated rings. The smallest absolute Gasteiger partial charge is 0.449 e. The minimum absolute atomic E-state index is 0. The van der Waals surface area contributed by atoms with Gasteiger partial charge in [0.15, 0.2) is 0 Å². The zero-order valence-electron chi connectivity index (χ0n) is 6.36. The monoisotopic (exact) mass is 420 g/mol. The summed E-state index contributed by atoms with van der Waals surface area (Å²) >= 11 is 0. The molecule has 4 nitrogen and oxygen atoms in total. The molecule has 0 aliphatic heterocycles. The first-order valence-electron chi connectivity index (χ1n) is 2.95. The molecule has 0 heterocycles. The molecule has 5 heteroatoms. The van der Waals surface area contributed by atoms with E-state index in [2.05, 4.69) is 4.74 Å². The van der Waals surface area contributed by atoms with Gasteiger partial charge in [-0.25, -0.2) is 4.79 Å². The van der Waals surface area contributed by atoms with Gasteiger partial charge in [-0.3, -0.25) is 0 Å². The maximum Gasteiger partial charge on any atom is 0.511 e. The molecule has 0 radical (unpaired) electrons. The van der Waals surface area contributed by atoms with Crippen molar-refractivity contribution in [2.45, 2.75) is 0 Å². The average Bonchev–Trinajstić information content (AvgIpc) is 1.93. The van der Waals surface area contributed by atoms with E-state index in [1.807, 2.05) is 0 Å². The van der Waals surface area contributed by atoms with E-state index in [-0.39, 0.29) is 5.75 Å². The van der Waals surface area contributed by atoms with Crippen molar-refractivity contribution < 1.29 is 14.6 Å². The van der Waals surface area contributed by atoms with Gasteiger partial charge in [0.2, 0.25) is 0 Å². The van der Waals surface area contributed by atoms with Crippen LogP contribution in [-0.2, 0) is 0 Å². The molecule has 60 valence electrons. The Balaban J connectivity index is 0.00000121. The van der Waals surface area contributed by atoms with Crippen LogP contribution in [0.1, 0.15) is 0 Å². The van der Waals surface area contributed by atoms with Gasteiger partial charge in [0.1, 0.15) is 5.75 Å². The van der Waals surface area contributed by atoms with Gasteiger partial charge in [0, 0.05) is 5.69 Å². The van der Waals surface area contributed by atoms with Gasteiger partial charge in [-0.05, 0) is 24.3 Å². The maximum absolute atomic E-state index is 10.0. The van der Waals surface area contributed by atoms with E-state index in [4.69, 9.17) is 10.8 Å². The third kappa shape index (κ3) is 2.26. The number of anilines is 1. The number of carboxylic acid groups (broad SMARTS) is 1. The average molecular weight is 420 g/mol. The number of ether oxygens (including phenoxy) is 1. The van der Waals surface area contributed by atoms with E-state index in [0.717, 1.165) is 0 Å². The van der Waals surface area contributed by atoms with Crippen LogP contribution in [0, 0.1) is 0 Å². The number of hydrogen-bond acceptors (Lipinski definition) is 3. The summed E-state index contributed by atoms with van der Waals surface area (Å²) in [7, 11) is 0. The third-order valence-electron chi connectivity index (χ3n) is 1.09. The molecule has 0 aliphatic carbocycles. The number of benzene rings is 1. The van der Waals surface area contributed by atoms with Crippen molar-refractivity contribution in [3.8, 4) is 5.75 Å². The molecule has 0 bridgehead atoms. The van der Waals surface area contributed by atoms with Crippen LogP contribution >= 0.6 is 0 Å². The Morgan fingerprint density at radius 1 is 1.33 bits per heavy atom. The van der Waals surface area contributed by atoms with Crippen molar-refractivity contribution in [3.05, 3.63) is 24.3 Å². The van der Waals surface area contributed by atoms with Crippen molar-refractivity contribution in [1.82, 2.24) is 0 Å². The van der Waals surface area contributed by atoms with Crippen LogP contribution in [0.25, 0.3) is 0 Å². The molecular weight excluding hydrogens is 413 g/mol. The van der Waals surface area contributed by atoms with Crippen molar-refractivity contribution >= 4 is 11.8 Å². The molecule has 0 saturated heterocycles. The van der Waals surface area contributed by atoms with E-state index in [1.54, 1.807) is 12.1 Å². The van der Waals surface area contributed by atoms with E-state index in [9.17, 15) is 4.79 Å². The summed E-state index contributed by atoms with van der Waals surface area (Å²) in [4.78, 5) is 10.0. The van der Waals surface area contributed by atoms with Crippen molar-refractivity contribution in [2.24, 2.45) is 0 Å². The number of carbonyl (C=O) groups is 1. The van der Waals surface area contributed by atoms with E-state index in [1.165, 1.54) is 12.1 Å². The third-order valence-corrected chi connectivity index (χ3v) is 1.09. The molecule has 0 spiro atoms. The van der Waals surface area contributed by atoms with Gasteiger partial charge in [-0.1, -0.05) is 0 Å². The fraction of sp³-hybridized carbons (Fsp3) is 0. The van der Waals surface area contributed by atoms with E-state index in [0.29, 0.717) is 5.69 Å². The van der Waals surface area contributed by atoms with Crippen LogP contribution < -0.4 is 10.5 Å². The molecule has 0 aliphatic rings. The molecular formula is C7H7NO3Rf. The number of nitrogen functional groups attached to an aromatic ring is 1. The topological polar surface area (TPSA) is 72.5 Å². The summed E-state index contributed by atoms with van der Waals surface area (Å²) in [6, 6.07) is 6.11. The summed E-state index contributed by atoms with van der Waals surface area (Å²) in [5.74, 6) is 0.270. The molecule has 1 aromatic carbocycles. The normalized spacial score (nSPS) is 8.33. The zero-order valence-corrected chi connectivity index (χ0v) is 12.8. The Hall–Kier alpha value is -2.71. The molecule has 1 rings (SSSR count). The minimum atomic E-state index is -1.32. The number of rotatable bonds is 1. The Kier molecular flexibility index (Phi) is 2.68. The second-order valence-corrected chi connectivity index (χ2v) is 1.94. The summed E-state index contributed by atoms with van der Waals surface area (Å²) in [6.45, 7) is 0. The molecule has 0 unspecified atom stereocenters. The van der Waals surface area contributed by atoms with Crippen LogP contribution in [0.5, 0.6) is 5.75 Å². The first-order chi connectivity index (χ1) is 5.18. The molecule has 0 aromatic heterocycles. The molecule has 12 heavy (non-hydrogen) atoms. The van der Waals surface area contributed by atoms with Gasteiger partial charge < -0.3 is 15.6 Å². The molecule has 3 N–H and O–H groups in total. The fourth-order valence-electron chi connectivity index (χ4n) is 0.637. The first kappa shape index (κ1) is 9.29. The summed E-state index contributed by atoms with van der Waals surface area (Å²) < 4.78 is 4.33. The van der Waals surface area contributed by atoms with Gasteiger partial charge in [0.05, 0.1) is 0 Å². The number of nitrogens with two attached hydrogens (primary N) is 1. The Bertz CT molecular complexity index is 260. The Morgan fingerprint density at radius 3 is 2.25 bits per heavy atom. The van der Waals surface area contributed by atoms with Crippen molar-refractivity contribution in [3.63, 3.8) is 0 Å². The molecule has 1 aromatic rings. The van der Waals surface area contributed by atoms with Gasteiger partial charge >= 0.3 is 6.16 Å². The van der Waals surface area contributed by atoms with Gasteiger partial charge in [-0.15, -0.1) is 0 Å². The zero-order chi connectivity index (χ0) is 8.27. The van der Waals surface area contributed by atoms with Crippen LogP contribution in [0.3, 0.4) is 0 Å². The minimum Gasteiger partial charge on any atom is -0.449 e. The second-order valence-electron chi connectivity index (χ2n) is 1.94. The molecule has 0 atom stereocenters. The quantitative estimate of drug-likeness (QED) is 0.409. The Labute approximate surface area is 63.2 Å². The molecule has 0 saturated carbocycles. The number of hydrogen-bond donors (Lipinski definition) is 2. The van der Waals surface area contributed by atoms with Gasteiger partial charge in [-0.2, -0.15) is 0 Å². The molecule has 0 amide bonds. The predicted octanol–water partition coefficient (Wildman–Crippen LogP) is 1.33. The van der Waals surface area contributed by atoms with Crippen LogP contribution in [0.15, 0.2) is 24.3 Å². The van der Waals surface area contributed by atoms with Crippen LogP contribution in [0.2, 0.25) is 0 Å². The van der Waals surface area contributed by atoms with Crippen molar-refractivity contribution in [2.75, 3.05) is 5.73 Å². The Morgan fingerprint density at radius 2 is 1.83 bits per heavy atom. The maximum atomic E-state index is 10.0. The largest absolute Gasteiger partial charge is 0.511 e. The predicted molar refractivity (Wildman–Crippen MR) is 39.5 cm³/mol. The van der Waals surface area contributed by atoms with E-state index < -0.39 is 6.16 Å². The first-order valence-corrected chi connectivity index (χ1v) is 2.95. The fourth-order valence-corrected chi connectivity index (χ4v) is 0.637. The van der Waals surface area contributed by atoms with Crippen LogP contribution in [-0.4, -0.2) is 11.3 Å². The second kappa shape index (κ2) is 3.46. The van der Waals surface area contributed by atoms with Gasteiger partial charge in [0.25, 0.3) is 0 Å².